The summed E-state index contributed by atoms with van der Waals surface area (Å²) >= 11 is 0. The second kappa shape index (κ2) is 11.5. The van der Waals surface area contributed by atoms with Crippen LogP contribution in [-0.4, -0.2) is 60.4 Å². The number of benzene rings is 2. The van der Waals surface area contributed by atoms with Crippen LogP contribution in [0.15, 0.2) is 60.9 Å². The molecule has 0 atom stereocenters. The van der Waals surface area contributed by atoms with Crippen LogP contribution >= 0.6 is 0 Å². The van der Waals surface area contributed by atoms with Crippen LogP contribution in [0, 0.1) is 10.1 Å². The maximum Gasteiger partial charge on any atom is 0.273 e. The third-order valence-corrected chi connectivity index (χ3v) is 8.28. The minimum absolute atomic E-state index is 0.0517. The third kappa shape index (κ3) is 6.62. The molecule has 1 aliphatic heterocycles. The number of fused-ring (bicyclic) bond motifs is 1. The number of morpholine rings is 1. The number of hydrogen-bond acceptors (Lipinski definition) is 8. The van der Waals surface area contributed by atoms with E-state index in [9.17, 15) is 10.1 Å². The molecule has 0 bridgehead atoms. The standard InChI is InChI=1S/C28H33N5O5Si/c1-39(2,3)16-15-37-20-32-19-25(21-7-9-22(10-8-21)31-11-13-36-14-12-31)27-28(32)29-18-26(30-27)38-24-6-4-5-23(17-24)33(34)35/h4-10,17-19H,11-16,20H2,1-3H3. The topological polar surface area (TPSA) is 105 Å². The lowest BCUT2D eigenvalue weighted by atomic mass is 10.1. The number of aromatic nitrogens is 3. The van der Waals surface area contributed by atoms with Gasteiger partial charge in [0, 0.05) is 51.3 Å². The fourth-order valence-corrected chi connectivity index (χ4v) is 5.15. The molecule has 2 aromatic carbocycles. The molecule has 0 saturated carbocycles. The Kier molecular flexibility index (Phi) is 7.91. The highest BCUT2D eigenvalue weighted by Crippen LogP contribution is 2.32. The zero-order valence-electron chi connectivity index (χ0n) is 22.5. The minimum atomic E-state index is -1.21. The largest absolute Gasteiger partial charge is 0.437 e. The third-order valence-electron chi connectivity index (χ3n) is 6.58. The van der Waals surface area contributed by atoms with Crippen LogP contribution < -0.4 is 9.64 Å². The predicted molar refractivity (Wildman–Crippen MR) is 153 cm³/mol. The van der Waals surface area contributed by atoms with Gasteiger partial charge in [0.05, 0.1) is 30.4 Å². The van der Waals surface area contributed by atoms with Gasteiger partial charge in [-0.3, -0.25) is 10.1 Å². The van der Waals surface area contributed by atoms with Gasteiger partial charge < -0.3 is 23.7 Å². The zero-order valence-corrected chi connectivity index (χ0v) is 23.5. The summed E-state index contributed by atoms with van der Waals surface area (Å²) in [6, 6.07) is 15.5. The van der Waals surface area contributed by atoms with E-state index in [1.807, 2.05) is 10.8 Å². The van der Waals surface area contributed by atoms with Crippen molar-refractivity contribution in [1.29, 1.82) is 0 Å². The molecule has 1 fully saturated rings. The summed E-state index contributed by atoms with van der Waals surface area (Å²) in [6.45, 7) is 11.3. The summed E-state index contributed by atoms with van der Waals surface area (Å²) in [5.41, 5.74) is 4.36. The van der Waals surface area contributed by atoms with Gasteiger partial charge in [0.25, 0.3) is 5.69 Å². The molecule has 4 aromatic rings. The molecular formula is C28H33N5O5Si. The molecule has 2 aromatic heterocycles. The van der Waals surface area contributed by atoms with E-state index in [1.54, 1.807) is 12.1 Å². The fraction of sp³-hybridized carbons (Fsp3) is 0.357. The Hall–Kier alpha value is -3.80. The molecular weight excluding hydrogens is 514 g/mol. The van der Waals surface area contributed by atoms with Crippen LogP contribution in [0.4, 0.5) is 11.4 Å². The van der Waals surface area contributed by atoms with Gasteiger partial charge in [-0.1, -0.05) is 37.8 Å². The van der Waals surface area contributed by atoms with Crippen LogP contribution in [0.3, 0.4) is 0 Å². The molecule has 0 amide bonds. The summed E-state index contributed by atoms with van der Waals surface area (Å²) in [5, 5.41) is 11.2. The van der Waals surface area contributed by atoms with Crippen LogP contribution in [0.1, 0.15) is 0 Å². The van der Waals surface area contributed by atoms with E-state index in [0.29, 0.717) is 30.3 Å². The van der Waals surface area contributed by atoms with Gasteiger partial charge >= 0.3 is 0 Å². The molecule has 0 aliphatic carbocycles. The van der Waals surface area contributed by atoms with Crippen molar-refractivity contribution in [2.75, 3.05) is 37.8 Å². The fourth-order valence-electron chi connectivity index (χ4n) is 4.39. The van der Waals surface area contributed by atoms with Crippen molar-refractivity contribution in [2.45, 2.75) is 32.4 Å². The lowest BCUT2D eigenvalue weighted by molar-refractivity contribution is -0.384. The first-order chi connectivity index (χ1) is 18.8. The Bertz CT molecular complexity index is 1450. The Labute approximate surface area is 228 Å². The molecule has 3 heterocycles. The highest BCUT2D eigenvalue weighted by molar-refractivity contribution is 6.76. The molecule has 11 heteroatoms. The van der Waals surface area contributed by atoms with Crippen molar-refractivity contribution in [3.05, 3.63) is 71.0 Å². The molecule has 39 heavy (non-hydrogen) atoms. The summed E-state index contributed by atoms with van der Waals surface area (Å²) < 4.78 is 19.4. The van der Waals surface area contributed by atoms with Gasteiger partial charge in [0.1, 0.15) is 18.0 Å². The number of nitrogens with zero attached hydrogens (tertiary/aromatic N) is 5. The molecule has 5 rings (SSSR count). The van der Waals surface area contributed by atoms with Crippen LogP contribution in [0.2, 0.25) is 25.7 Å². The second-order valence-electron chi connectivity index (χ2n) is 10.7. The van der Waals surface area contributed by atoms with Crippen molar-refractivity contribution in [2.24, 2.45) is 0 Å². The van der Waals surface area contributed by atoms with Gasteiger partial charge in [0.15, 0.2) is 5.65 Å². The van der Waals surface area contributed by atoms with E-state index in [1.165, 1.54) is 18.3 Å². The zero-order chi connectivity index (χ0) is 27.4. The number of ether oxygens (including phenoxy) is 3. The first-order valence-electron chi connectivity index (χ1n) is 13.1. The lowest BCUT2D eigenvalue weighted by Gasteiger charge is -2.28. The summed E-state index contributed by atoms with van der Waals surface area (Å²) in [4.78, 5) is 22.4. The first kappa shape index (κ1) is 26.8. The average Bonchev–Trinajstić information content (AvgIpc) is 3.29. The Morgan fingerprint density at radius 1 is 1.10 bits per heavy atom. The van der Waals surface area contributed by atoms with E-state index in [0.717, 1.165) is 49.2 Å². The van der Waals surface area contributed by atoms with Gasteiger partial charge in [-0.2, -0.15) is 0 Å². The average molecular weight is 548 g/mol. The van der Waals surface area contributed by atoms with Crippen LogP contribution in [0.5, 0.6) is 11.6 Å². The SMILES string of the molecule is C[Si](C)(C)CCOCn1cc(-c2ccc(N3CCOCC3)cc2)c2nc(Oc3cccc([N+](=O)[O-])c3)cnc21. The number of nitro benzene ring substituents is 1. The molecule has 10 nitrogen and oxygen atoms in total. The Morgan fingerprint density at radius 3 is 2.59 bits per heavy atom. The maximum absolute atomic E-state index is 11.2. The number of anilines is 1. The highest BCUT2D eigenvalue weighted by atomic mass is 28.3. The smallest absolute Gasteiger partial charge is 0.273 e. The number of rotatable bonds is 10. The number of hydrogen-bond donors (Lipinski definition) is 0. The molecule has 0 spiro atoms. The van der Waals surface area contributed by atoms with Gasteiger partial charge in [-0.25, -0.2) is 9.97 Å². The maximum atomic E-state index is 11.2. The summed E-state index contributed by atoms with van der Waals surface area (Å²) in [6.07, 6.45) is 3.55. The minimum Gasteiger partial charge on any atom is -0.437 e. The van der Waals surface area contributed by atoms with E-state index in [4.69, 9.17) is 19.2 Å². The van der Waals surface area contributed by atoms with E-state index in [-0.39, 0.29) is 11.6 Å². The number of nitro groups is 1. The molecule has 0 N–H and O–H groups in total. The Morgan fingerprint density at radius 2 is 1.87 bits per heavy atom. The molecule has 1 saturated heterocycles. The van der Waals surface area contributed by atoms with Crippen molar-refractivity contribution in [3.63, 3.8) is 0 Å². The normalized spacial score (nSPS) is 14.1. The van der Waals surface area contributed by atoms with Gasteiger partial charge in [-0.15, -0.1) is 0 Å². The highest BCUT2D eigenvalue weighted by Gasteiger charge is 2.18. The molecule has 204 valence electrons. The van der Waals surface area contributed by atoms with Crippen LogP contribution in [0.25, 0.3) is 22.3 Å². The molecule has 0 unspecified atom stereocenters. The quantitative estimate of drug-likeness (QED) is 0.104. The van der Waals surface area contributed by atoms with Crippen molar-refractivity contribution in [3.8, 4) is 22.8 Å². The first-order valence-corrected chi connectivity index (χ1v) is 16.8. The molecule has 1 aliphatic rings. The monoisotopic (exact) mass is 547 g/mol. The second-order valence-corrected chi connectivity index (χ2v) is 16.4. The van der Waals surface area contributed by atoms with Crippen molar-refractivity contribution < 1.29 is 19.1 Å². The van der Waals surface area contributed by atoms with E-state index in [2.05, 4.69) is 53.8 Å². The van der Waals surface area contributed by atoms with Crippen molar-refractivity contribution >= 4 is 30.6 Å². The van der Waals surface area contributed by atoms with Gasteiger partial charge in [-0.05, 0) is 29.8 Å². The predicted octanol–water partition coefficient (Wildman–Crippen LogP) is 5.95. The number of non-ortho nitro benzene ring substituents is 1. The van der Waals surface area contributed by atoms with Gasteiger partial charge in [0.2, 0.25) is 5.88 Å². The Balaban J connectivity index is 1.45. The lowest BCUT2D eigenvalue weighted by Crippen LogP contribution is -2.36. The van der Waals surface area contributed by atoms with Crippen molar-refractivity contribution in [1.82, 2.24) is 14.5 Å². The summed E-state index contributed by atoms with van der Waals surface area (Å²) in [5.74, 6) is 0.579. The van der Waals surface area contributed by atoms with E-state index >= 15 is 0 Å². The summed E-state index contributed by atoms with van der Waals surface area (Å²) in [7, 11) is -1.21. The van der Waals surface area contributed by atoms with Crippen LogP contribution in [-0.2, 0) is 16.2 Å². The molecule has 0 radical (unpaired) electrons. The van der Waals surface area contributed by atoms with E-state index < -0.39 is 13.0 Å².